The van der Waals surface area contributed by atoms with E-state index in [-0.39, 0.29) is 6.29 Å². The van der Waals surface area contributed by atoms with Crippen LogP contribution < -0.4 is 16.0 Å². The minimum Gasteiger partial charge on any atom is -0.399 e. The molecule has 4 heteroatoms. The van der Waals surface area contributed by atoms with Gasteiger partial charge in [0.1, 0.15) is 0 Å². The maximum atomic E-state index is 5.85. The lowest BCUT2D eigenvalue weighted by atomic mass is 10.1. The van der Waals surface area contributed by atoms with Crippen molar-refractivity contribution in [2.24, 2.45) is 0 Å². The number of benzene rings is 1. The molecular weight excluding hydrogens is 200 g/mol. The Balaban J connectivity index is 1.93. The first-order chi connectivity index (χ1) is 7.75. The van der Waals surface area contributed by atoms with Crippen LogP contribution in [-0.4, -0.2) is 24.8 Å². The molecule has 0 spiro atoms. The van der Waals surface area contributed by atoms with E-state index in [0.29, 0.717) is 0 Å². The van der Waals surface area contributed by atoms with Gasteiger partial charge in [0.05, 0.1) is 0 Å². The van der Waals surface area contributed by atoms with Crippen LogP contribution in [0.1, 0.15) is 5.56 Å². The molecule has 0 radical (unpaired) electrons. The Morgan fingerprint density at radius 1 is 1.44 bits per heavy atom. The van der Waals surface area contributed by atoms with Gasteiger partial charge in [0.15, 0.2) is 6.29 Å². The lowest BCUT2D eigenvalue weighted by Gasteiger charge is -2.32. The minimum absolute atomic E-state index is 0.225. The van der Waals surface area contributed by atoms with Crippen LogP contribution >= 0.6 is 0 Å². The minimum atomic E-state index is 0.225. The van der Waals surface area contributed by atoms with Gasteiger partial charge in [-0.3, -0.25) is 0 Å². The van der Waals surface area contributed by atoms with Crippen LogP contribution in [0.5, 0.6) is 0 Å². The summed E-state index contributed by atoms with van der Waals surface area (Å²) in [7, 11) is 2.07. The van der Waals surface area contributed by atoms with Crippen molar-refractivity contribution in [3.63, 3.8) is 0 Å². The first-order valence-corrected chi connectivity index (χ1v) is 5.55. The molecule has 0 saturated carbocycles. The Hall–Kier alpha value is -1.84. The van der Waals surface area contributed by atoms with Crippen LogP contribution in [-0.2, 0) is 6.42 Å². The number of nitrogens with zero attached hydrogens (tertiary/aromatic N) is 2. The number of nitrogen functional groups attached to an aromatic ring is 1. The van der Waals surface area contributed by atoms with Crippen LogP contribution in [0, 0.1) is 0 Å². The monoisotopic (exact) mass is 216 g/mol. The average Bonchev–Trinajstić information content (AvgIpc) is 2.83. The van der Waals surface area contributed by atoms with E-state index in [1.54, 1.807) is 0 Å². The van der Waals surface area contributed by atoms with Gasteiger partial charge in [0.2, 0.25) is 0 Å². The van der Waals surface area contributed by atoms with Crippen molar-refractivity contribution in [3.8, 4) is 0 Å². The topological polar surface area (TPSA) is 44.5 Å². The first kappa shape index (κ1) is 9.39. The molecule has 3 rings (SSSR count). The summed E-state index contributed by atoms with van der Waals surface area (Å²) in [5.41, 5.74) is 9.33. The summed E-state index contributed by atoms with van der Waals surface area (Å²) >= 11 is 0. The SMILES string of the molecule is CN1C=CNC1N1CCc2ccc(N)cc21. The van der Waals surface area contributed by atoms with Gasteiger partial charge in [0, 0.05) is 37.4 Å². The van der Waals surface area contributed by atoms with Crippen molar-refractivity contribution in [3.05, 3.63) is 36.2 Å². The number of fused-ring (bicyclic) bond motifs is 1. The smallest absolute Gasteiger partial charge is 0.177 e. The quantitative estimate of drug-likeness (QED) is 0.685. The van der Waals surface area contributed by atoms with Crippen LogP contribution in [0.3, 0.4) is 0 Å². The molecule has 1 aromatic carbocycles. The molecule has 1 aromatic rings. The second kappa shape index (κ2) is 3.33. The fourth-order valence-electron chi connectivity index (χ4n) is 2.43. The molecule has 0 aromatic heterocycles. The number of nitrogens with one attached hydrogen (secondary N) is 1. The highest BCUT2D eigenvalue weighted by Crippen LogP contribution is 2.32. The molecule has 2 heterocycles. The number of rotatable bonds is 1. The van der Waals surface area contributed by atoms with Crippen molar-refractivity contribution >= 4 is 11.4 Å². The van der Waals surface area contributed by atoms with Gasteiger partial charge in [-0.25, -0.2) is 0 Å². The highest BCUT2D eigenvalue weighted by Gasteiger charge is 2.28. The molecule has 1 unspecified atom stereocenters. The van der Waals surface area contributed by atoms with Crippen LogP contribution in [0.4, 0.5) is 11.4 Å². The standard InChI is InChI=1S/C12H16N4/c1-15-7-5-14-12(15)16-6-4-9-2-3-10(13)8-11(9)16/h2-3,5,7-8,12,14H,4,6,13H2,1H3. The first-order valence-electron chi connectivity index (χ1n) is 5.55. The van der Waals surface area contributed by atoms with Crippen molar-refractivity contribution in [1.82, 2.24) is 10.2 Å². The van der Waals surface area contributed by atoms with Crippen molar-refractivity contribution in [2.45, 2.75) is 12.7 Å². The van der Waals surface area contributed by atoms with Gasteiger partial charge in [0.25, 0.3) is 0 Å². The number of hydrogen-bond donors (Lipinski definition) is 2. The average molecular weight is 216 g/mol. The Labute approximate surface area is 95.3 Å². The third kappa shape index (κ3) is 1.30. The van der Waals surface area contributed by atoms with E-state index in [1.807, 2.05) is 12.3 Å². The summed E-state index contributed by atoms with van der Waals surface area (Å²) < 4.78 is 0. The lowest BCUT2D eigenvalue weighted by molar-refractivity contribution is 0.321. The predicted octanol–water partition coefficient (Wildman–Crippen LogP) is 0.921. The summed E-state index contributed by atoms with van der Waals surface area (Å²) in [6.07, 6.45) is 5.36. The van der Waals surface area contributed by atoms with E-state index in [1.165, 1.54) is 11.3 Å². The molecule has 84 valence electrons. The molecule has 0 fully saturated rings. The van der Waals surface area contributed by atoms with Gasteiger partial charge in [-0.15, -0.1) is 0 Å². The molecule has 4 nitrogen and oxygen atoms in total. The highest BCUT2D eigenvalue weighted by molar-refractivity contribution is 5.64. The van der Waals surface area contributed by atoms with E-state index in [0.717, 1.165) is 18.7 Å². The van der Waals surface area contributed by atoms with Crippen molar-refractivity contribution in [1.29, 1.82) is 0 Å². The van der Waals surface area contributed by atoms with E-state index in [4.69, 9.17) is 5.73 Å². The number of nitrogens with two attached hydrogens (primary N) is 1. The fraction of sp³-hybridized carbons (Fsp3) is 0.333. The second-order valence-corrected chi connectivity index (χ2v) is 4.35. The maximum Gasteiger partial charge on any atom is 0.177 e. The van der Waals surface area contributed by atoms with E-state index >= 15 is 0 Å². The largest absolute Gasteiger partial charge is 0.399 e. The molecule has 0 amide bonds. The fourth-order valence-corrected chi connectivity index (χ4v) is 2.43. The summed E-state index contributed by atoms with van der Waals surface area (Å²) in [6, 6.07) is 6.18. The summed E-state index contributed by atoms with van der Waals surface area (Å²) in [4.78, 5) is 4.52. The molecule has 0 aliphatic carbocycles. The summed E-state index contributed by atoms with van der Waals surface area (Å²) in [6.45, 7) is 1.04. The van der Waals surface area contributed by atoms with Gasteiger partial charge in [-0.2, -0.15) is 0 Å². The summed E-state index contributed by atoms with van der Waals surface area (Å²) in [5, 5.41) is 3.34. The molecule has 2 aliphatic rings. The van der Waals surface area contributed by atoms with E-state index in [9.17, 15) is 0 Å². The third-order valence-electron chi connectivity index (χ3n) is 3.28. The Bertz CT molecular complexity index is 441. The number of hydrogen-bond acceptors (Lipinski definition) is 4. The van der Waals surface area contributed by atoms with Gasteiger partial charge < -0.3 is 20.9 Å². The van der Waals surface area contributed by atoms with Gasteiger partial charge in [-0.1, -0.05) is 6.07 Å². The zero-order valence-electron chi connectivity index (χ0n) is 9.35. The molecule has 2 aliphatic heterocycles. The summed E-state index contributed by atoms with van der Waals surface area (Å²) in [5.74, 6) is 0. The molecule has 3 N–H and O–H groups in total. The normalized spacial score (nSPS) is 22.4. The number of anilines is 2. The molecule has 16 heavy (non-hydrogen) atoms. The van der Waals surface area contributed by atoms with Crippen LogP contribution in [0.2, 0.25) is 0 Å². The molecule has 0 bridgehead atoms. The van der Waals surface area contributed by atoms with E-state index in [2.05, 4.69) is 40.5 Å². The lowest BCUT2D eigenvalue weighted by Crippen LogP contribution is -2.48. The molecule has 1 atom stereocenters. The van der Waals surface area contributed by atoms with Gasteiger partial charge in [-0.05, 0) is 24.1 Å². The van der Waals surface area contributed by atoms with Crippen LogP contribution in [0.25, 0.3) is 0 Å². The zero-order valence-corrected chi connectivity index (χ0v) is 9.35. The Morgan fingerprint density at radius 3 is 3.06 bits per heavy atom. The third-order valence-corrected chi connectivity index (χ3v) is 3.28. The van der Waals surface area contributed by atoms with E-state index < -0.39 is 0 Å². The molecule has 0 saturated heterocycles. The second-order valence-electron chi connectivity index (χ2n) is 4.35. The van der Waals surface area contributed by atoms with Gasteiger partial charge >= 0.3 is 0 Å². The Kier molecular flexibility index (Phi) is 1.96. The maximum absolute atomic E-state index is 5.85. The van der Waals surface area contributed by atoms with Crippen molar-refractivity contribution in [2.75, 3.05) is 24.2 Å². The van der Waals surface area contributed by atoms with Crippen molar-refractivity contribution < 1.29 is 0 Å². The highest BCUT2D eigenvalue weighted by atomic mass is 15.5. The zero-order chi connectivity index (χ0) is 11.1. The van der Waals surface area contributed by atoms with Crippen LogP contribution in [0.15, 0.2) is 30.6 Å². The molecular formula is C12H16N4. The predicted molar refractivity (Wildman–Crippen MR) is 65.7 cm³/mol. The Morgan fingerprint density at radius 2 is 2.31 bits per heavy atom.